The lowest BCUT2D eigenvalue weighted by molar-refractivity contribution is 0.405. The number of methoxy groups -OCH3 is 1. The minimum Gasteiger partial charge on any atom is -0.495 e. The average Bonchev–Trinajstić information content (AvgIpc) is 2.40. The zero-order chi connectivity index (χ0) is 14.9. The van der Waals surface area contributed by atoms with Crippen molar-refractivity contribution in [1.82, 2.24) is 0 Å². The SMILES string of the molecule is COc1c(Br)cc(Cl)cc1C(N)c1cc(Br)ccc1C. The molecule has 2 nitrogen and oxygen atoms in total. The summed E-state index contributed by atoms with van der Waals surface area (Å²) in [5.41, 5.74) is 9.43. The quantitative estimate of drug-likeness (QED) is 0.739. The molecule has 0 radical (unpaired) electrons. The standard InChI is InChI=1S/C15H14Br2ClNO/c1-8-3-4-9(16)5-11(8)14(19)12-6-10(18)7-13(17)15(12)20-2/h3-7,14H,19H2,1-2H3. The van der Waals surface area contributed by atoms with E-state index in [1.165, 1.54) is 0 Å². The Bertz CT molecular complexity index is 646. The molecule has 0 aliphatic heterocycles. The third-order valence-corrected chi connectivity index (χ3v) is 4.45. The van der Waals surface area contributed by atoms with Crippen LogP contribution in [0.2, 0.25) is 5.02 Å². The van der Waals surface area contributed by atoms with E-state index in [0.29, 0.717) is 10.8 Å². The van der Waals surface area contributed by atoms with Gasteiger partial charge in [0.1, 0.15) is 5.75 Å². The summed E-state index contributed by atoms with van der Waals surface area (Å²) < 4.78 is 7.24. The summed E-state index contributed by atoms with van der Waals surface area (Å²) in [6, 6.07) is 9.38. The predicted molar refractivity (Wildman–Crippen MR) is 90.6 cm³/mol. The molecule has 0 amide bonds. The minimum atomic E-state index is -0.308. The van der Waals surface area contributed by atoms with E-state index < -0.39 is 0 Å². The van der Waals surface area contributed by atoms with Gasteiger partial charge in [0.2, 0.25) is 0 Å². The number of hydrogen-bond acceptors (Lipinski definition) is 2. The highest BCUT2D eigenvalue weighted by molar-refractivity contribution is 9.10. The van der Waals surface area contributed by atoms with Crippen molar-refractivity contribution in [3.8, 4) is 5.75 Å². The summed E-state index contributed by atoms with van der Waals surface area (Å²) in [5.74, 6) is 0.710. The van der Waals surface area contributed by atoms with Crippen LogP contribution < -0.4 is 10.5 Å². The Morgan fingerprint density at radius 2 is 1.85 bits per heavy atom. The van der Waals surface area contributed by atoms with Crippen LogP contribution in [-0.2, 0) is 0 Å². The lowest BCUT2D eigenvalue weighted by Crippen LogP contribution is -2.14. The Kier molecular flexibility index (Phi) is 5.13. The van der Waals surface area contributed by atoms with Crippen LogP contribution in [0.25, 0.3) is 0 Å². The molecule has 0 fully saturated rings. The molecule has 20 heavy (non-hydrogen) atoms. The van der Waals surface area contributed by atoms with Crippen molar-refractivity contribution < 1.29 is 4.74 Å². The predicted octanol–water partition coefficient (Wildman–Crippen LogP) is 5.23. The molecule has 1 atom stereocenters. The van der Waals surface area contributed by atoms with Gasteiger partial charge in [-0.2, -0.15) is 0 Å². The fraction of sp³-hybridized carbons (Fsp3) is 0.200. The highest BCUT2D eigenvalue weighted by atomic mass is 79.9. The lowest BCUT2D eigenvalue weighted by Gasteiger charge is -2.19. The highest BCUT2D eigenvalue weighted by Crippen LogP contribution is 2.38. The van der Waals surface area contributed by atoms with Gasteiger partial charge in [-0.3, -0.25) is 0 Å². The van der Waals surface area contributed by atoms with E-state index in [2.05, 4.69) is 31.9 Å². The summed E-state index contributed by atoms with van der Waals surface area (Å²) in [6.07, 6.45) is 0. The van der Waals surface area contributed by atoms with E-state index in [1.807, 2.05) is 31.2 Å². The van der Waals surface area contributed by atoms with Crippen molar-refractivity contribution >= 4 is 43.5 Å². The zero-order valence-corrected chi connectivity index (χ0v) is 15.0. The third-order valence-electron chi connectivity index (χ3n) is 3.15. The van der Waals surface area contributed by atoms with Gasteiger partial charge in [-0.15, -0.1) is 0 Å². The Morgan fingerprint density at radius 3 is 2.50 bits per heavy atom. The molecule has 0 aromatic heterocycles. The Balaban J connectivity index is 2.58. The first-order valence-electron chi connectivity index (χ1n) is 5.98. The van der Waals surface area contributed by atoms with Gasteiger partial charge in [0.15, 0.2) is 0 Å². The van der Waals surface area contributed by atoms with E-state index in [4.69, 9.17) is 22.1 Å². The molecule has 2 aromatic rings. The number of ether oxygens (including phenoxy) is 1. The minimum absolute atomic E-state index is 0.308. The van der Waals surface area contributed by atoms with Gasteiger partial charge in [0.05, 0.1) is 17.6 Å². The highest BCUT2D eigenvalue weighted by Gasteiger charge is 2.19. The number of aryl methyl sites for hydroxylation is 1. The molecule has 0 saturated carbocycles. The molecule has 0 spiro atoms. The summed E-state index contributed by atoms with van der Waals surface area (Å²) in [7, 11) is 1.62. The second-order valence-corrected chi connectivity index (χ2v) is 6.70. The van der Waals surface area contributed by atoms with Crippen molar-refractivity contribution in [2.75, 3.05) is 7.11 Å². The molecule has 5 heteroatoms. The summed E-state index contributed by atoms with van der Waals surface area (Å²) >= 11 is 13.1. The van der Waals surface area contributed by atoms with Crippen LogP contribution in [0.3, 0.4) is 0 Å². The summed E-state index contributed by atoms with van der Waals surface area (Å²) in [5, 5.41) is 0.621. The molecule has 0 aliphatic carbocycles. The normalized spacial score (nSPS) is 12.3. The molecular weight excluding hydrogens is 405 g/mol. The monoisotopic (exact) mass is 417 g/mol. The van der Waals surface area contributed by atoms with Crippen LogP contribution >= 0.6 is 43.5 Å². The number of nitrogens with two attached hydrogens (primary N) is 1. The topological polar surface area (TPSA) is 35.2 Å². The molecule has 0 saturated heterocycles. The molecule has 2 aromatic carbocycles. The third kappa shape index (κ3) is 3.19. The number of rotatable bonds is 3. The van der Waals surface area contributed by atoms with Crippen LogP contribution in [0.1, 0.15) is 22.7 Å². The molecule has 0 aliphatic rings. The maximum Gasteiger partial charge on any atom is 0.138 e. The fourth-order valence-corrected chi connectivity index (χ4v) is 3.52. The molecule has 2 rings (SSSR count). The molecule has 0 bridgehead atoms. The van der Waals surface area contributed by atoms with Crippen molar-refractivity contribution in [3.05, 3.63) is 61.0 Å². The number of halogens is 3. The molecule has 1 unspecified atom stereocenters. The first kappa shape index (κ1) is 15.8. The van der Waals surface area contributed by atoms with Gasteiger partial charge < -0.3 is 10.5 Å². The second-order valence-electron chi connectivity index (χ2n) is 4.49. The maximum atomic E-state index is 6.42. The Labute approximate surface area is 140 Å². The number of hydrogen-bond donors (Lipinski definition) is 1. The molecular formula is C15H14Br2ClNO. The fourth-order valence-electron chi connectivity index (χ4n) is 2.14. The summed E-state index contributed by atoms with van der Waals surface area (Å²) in [6.45, 7) is 2.04. The van der Waals surface area contributed by atoms with Crippen molar-refractivity contribution in [3.63, 3.8) is 0 Å². The zero-order valence-electron chi connectivity index (χ0n) is 11.1. The van der Waals surface area contributed by atoms with E-state index in [1.54, 1.807) is 13.2 Å². The van der Waals surface area contributed by atoms with Crippen molar-refractivity contribution in [2.45, 2.75) is 13.0 Å². The van der Waals surface area contributed by atoms with Gasteiger partial charge in [0, 0.05) is 15.1 Å². The van der Waals surface area contributed by atoms with Crippen LogP contribution in [0, 0.1) is 6.92 Å². The van der Waals surface area contributed by atoms with Gasteiger partial charge in [-0.25, -0.2) is 0 Å². The van der Waals surface area contributed by atoms with Crippen LogP contribution in [0.15, 0.2) is 39.3 Å². The number of benzene rings is 2. The van der Waals surface area contributed by atoms with Crippen LogP contribution in [-0.4, -0.2) is 7.11 Å². The Morgan fingerprint density at radius 1 is 1.15 bits per heavy atom. The first-order chi connectivity index (χ1) is 9.43. The van der Waals surface area contributed by atoms with Gasteiger partial charge in [-0.1, -0.05) is 33.6 Å². The second kappa shape index (κ2) is 6.48. The van der Waals surface area contributed by atoms with Gasteiger partial charge in [0.25, 0.3) is 0 Å². The molecule has 106 valence electrons. The molecule has 0 heterocycles. The largest absolute Gasteiger partial charge is 0.495 e. The van der Waals surface area contributed by atoms with E-state index in [-0.39, 0.29) is 6.04 Å². The van der Waals surface area contributed by atoms with Gasteiger partial charge in [-0.05, 0) is 58.2 Å². The van der Waals surface area contributed by atoms with Crippen molar-refractivity contribution in [2.24, 2.45) is 5.73 Å². The van der Waals surface area contributed by atoms with E-state index in [0.717, 1.165) is 25.6 Å². The average molecular weight is 420 g/mol. The summed E-state index contributed by atoms with van der Waals surface area (Å²) in [4.78, 5) is 0. The Hall–Kier alpha value is -0.550. The molecule has 2 N–H and O–H groups in total. The van der Waals surface area contributed by atoms with Crippen LogP contribution in [0.4, 0.5) is 0 Å². The smallest absolute Gasteiger partial charge is 0.138 e. The van der Waals surface area contributed by atoms with Crippen molar-refractivity contribution in [1.29, 1.82) is 0 Å². The van der Waals surface area contributed by atoms with E-state index in [9.17, 15) is 0 Å². The maximum absolute atomic E-state index is 6.42. The van der Waals surface area contributed by atoms with E-state index >= 15 is 0 Å². The van der Waals surface area contributed by atoms with Gasteiger partial charge >= 0.3 is 0 Å². The first-order valence-corrected chi connectivity index (χ1v) is 7.95. The van der Waals surface area contributed by atoms with Crippen LogP contribution in [0.5, 0.6) is 5.75 Å². The lowest BCUT2D eigenvalue weighted by atomic mass is 9.95.